The van der Waals surface area contributed by atoms with Gasteiger partial charge in [0.1, 0.15) is 5.82 Å². The summed E-state index contributed by atoms with van der Waals surface area (Å²) in [6, 6.07) is 9.23. The van der Waals surface area contributed by atoms with Gasteiger partial charge in [0.2, 0.25) is 5.95 Å². The Morgan fingerprint density at radius 1 is 1.27 bits per heavy atom. The van der Waals surface area contributed by atoms with Crippen molar-refractivity contribution < 1.29 is 9.50 Å². The molecule has 10 heteroatoms. The first-order valence-electron chi connectivity index (χ1n) is 10.9. The first-order chi connectivity index (χ1) is 15.7. The van der Waals surface area contributed by atoms with Gasteiger partial charge in [-0.25, -0.2) is 8.91 Å². The van der Waals surface area contributed by atoms with Crippen LogP contribution in [0.15, 0.2) is 48.9 Å². The molecular weight excluding hydrogens is 423 g/mol. The summed E-state index contributed by atoms with van der Waals surface area (Å²) in [4.78, 5) is 6.74. The Morgan fingerprint density at radius 3 is 2.82 bits per heavy atom. The Hall–Kier alpha value is -3.34. The summed E-state index contributed by atoms with van der Waals surface area (Å²) in [6.07, 6.45) is 5.23. The van der Waals surface area contributed by atoms with E-state index in [-0.39, 0.29) is 11.9 Å². The van der Waals surface area contributed by atoms with E-state index in [1.165, 1.54) is 0 Å². The number of anilines is 2. The Morgan fingerprint density at radius 2 is 2.09 bits per heavy atom. The average molecular weight is 451 g/mol. The summed E-state index contributed by atoms with van der Waals surface area (Å²) in [6.45, 7) is 5.97. The largest absolute Gasteiger partial charge is 0.389 e. The van der Waals surface area contributed by atoms with Gasteiger partial charge in [-0.3, -0.25) is 9.58 Å². The van der Waals surface area contributed by atoms with Gasteiger partial charge in [0.25, 0.3) is 0 Å². The number of benzene rings is 1. The van der Waals surface area contributed by atoms with Gasteiger partial charge in [0, 0.05) is 49.2 Å². The highest BCUT2D eigenvalue weighted by molar-refractivity contribution is 5.78. The van der Waals surface area contributed by atoms with Crippen molar-refractivity contribution in [3.8, 4) is 11.1 Å². The monoisotopic (exact) mass is 450 g/mol. The Balaban J connectivity index is 1.37. The van der Waals surface area contributed by atoms with Crippen molar-refractivity contribution in [2.24, 2.45) is 5.73 Å². The molecule has 1 aliphatic rings. The van der Waals surface area contributed by atoms with Gasteiger partial charge in [0.05, 0.1) is 24.0 Å². The Labute approximate surface area is 190 Å². The number of likely N-dealkylation sites (tertiary alicyclic amines) is 1. The molecule has 4 heterocycles. The van der Waals surface area contributed by atoms with Crippen LogP contribution in [-0.4, -0.2) is 59.1 Å². The molecule has 1 aliphatic heterocycles. The smallest absolute Gasteiger partial charge is 0.247 e. The average Bonchev–Trinajstić information content (AvgIpc) is 3.32. The quantitative estimate of drug-likeness (QED) is 0.397. The topological polar surface area (TPSA) is 110 Å². The lowest BCUT2D eigenvalue weighted by atomic mass is 10.0. The van der Waals surface area contributed by atoms with Crippen LogP contribution < -0.4 is 11.1 Å². The zero-order valence-electron chi connectivity index (χ0n) is 18.6. The summed E-state index contributed by atoms with van der Waals surface area (Å²) >= 11 is 0. The van der Waals surface area contributed by atoms with E-state index in [1.807, 2.05) is 24.3 Å². The highest BCUT2D eigenvalue weighted by atomic mass is 19.1. The minimum atomic E-state index is -0.869. The number of hydrogen-bond acceptors (Lipinski definition) is 7. The number of rotatable bonds is 7. The summed E-state index contributed by atoms with van der Waals surface area (Å²) in [5.74, 6) is 0.156. The molecule has 0 unspecified atom stereocenters. The minimum absolute atomic E-state index is 0.191. The van der Waals surface area contributed by atoms with Gasteiger partial charge in [0.15, 0.2) is 5.65 Å². The van der Waals surface area contributed by atoms with Crippen LogP contribution in [0.2, 0.25) is 0 Å². The standard InChI is InChI=1S/C23H27FN8O/c1-23(2,33)14-31-13-18(9-26-31)27-22-28-21-19(4-3-7-32(21)29-22)15-5-6-16(20(24)8-15)10-30-11-17(25)12-30/h3-9,13,17,33H,10-12,14,25H2,1-2H3,(H,27,29). The van der Waals surface area contributed by atoms with E-state index in [0.29, 0.717) is 35.9 Å². The molecule has 0 spiro atoms. The normalized spacial score (nSPS) is 15.2. The number of halogens is 1. The molecule has 0 amide bonds. The van der Waals surface area contributed by atoms with E-state index in [1.54, 1.807) is 47.7 Å². The first kappa shape index (κ1) is 21.5. The van der Waals surface area contributed by atoms with Crippen LogP contribution in [0.5, 0.6) is 0 Å². The molecule has 0 bridgehead atoms. The maximum Gasteiger partial charge on any atom is 0.247 e. The van der Waals surface area contributed by atoms with Crippen molar-refractivity contribution in [3.05, 3.63) is 60.3 Å². The minimum Gasteiger partial charge on any atom is -0.389 e. The number of pyridine rings is 1. The zero-order chi connectivity index (χ0) is 23.2. The van der Waals surface area contributed by atoms with Gasteiger partial charge in [-0.1, -0.05) is 12.1 Å². The predicted octanol–water partition coefficient (Wildman–Crippen LogP) is 2.39. The van der Waals surface area contributed by atoms with Crippen molar-refractivity contribution in [3.63, 3.8) is 0 Å². The SMILES string of the molecule is CC(C)(O)Cn1cc(Nc2nc3c(-c4ccc(CN5CC(N)C5)c(F)c4)cccn3n2)cn1. The lowest BCUT2D eigenvalue weighted by Gasteiger charge is -2.36. The number of hydrogen-bond donors (Lipinski definition) is 3. The van der Waals surface area contributed by atoms with Gasteiger partial charge in [-0.2, -0.15) is 10.1 Å². The number of nitrogens with one attached hydrogen (secondary N) is 1. The molecule has 4 aromatic rings. The number of fused-ring (bicyclic) bond motifs is 1. The molecule has 0 atom stereocenters. The molecule has 5 rings (SSSR count). The number of nitrogens with zero attached hydrogens (tertiary/aromatic N) is 6. The van der Waals surface area contributed by atoms with Gasteiger partial charge < -0.3 is 16.2 Å². The molecule has 0 radical (unpaired) electrons. The third kappa shape index (κ3) is 4.72. The van der Waals surface area contributed by atoms with Gasteiger partial charge in [-0.05, 0) is 37.6 Å². The van der Waals surface area contributed by atoms with E-state index < -0.39 is 5.60 Å². The second-order valence-corrected chi connectivity index (χ2v) is 9.25. The maximum absolute atomic E-state index is 14.8. The molecule has 1 fully saturated rings. The molecule has 172 valence electrons. The van der Waals surface area contributed by atoms with Crippen LogP contribution >= 0.6 is 0 Å². The van der Waals surface area contributed by atoms with Crippen molar-refractivity contribution in [1.82, 2.24) is 29.3 Å². The summed E-state index contributed by atoms with van der Waals surface area (Å²) < 4.78 is 18.1. The Kier molecular flexibility index (Phi) is 5.35. The van der Waals surface area contributed by atoms with Gasteiger partial charge >= 0.3 is 0 Å². The third-order valence-corrected chi connectivity index (χ3v) is 5.54. The van der Waals surface area contributed by atoms with Crippen LogP contribution in [0.1, 0.15) is 19.4 Å². The van der Waals surface area contributed by atoms with Crippen molar-refractivity contribution in [2.45, 2.75) is 38.6 Å². The molecule has 33 heavy (non-hydrogen) atoms. The van der Waals surface area contributed by atoms with Crippen LogP contribution in [-0.2, 0) is 13.1 Å². The van der Waals surface area contributed by atoms with Crippen molar-refractivity contribution in [1.29, 1.82) is 0 Å². The molecule has 0 aliphatic carbocycles. The fourth-order valence-corrected chi connectivity index (χ4v) is 4.05. The maximum atomic E-state index is 14.8. The van der Waals surface area contributed by atoms with Gasteiger partial charge in [-0.15, -0.1) is 5.10 Å². The van der Waals surface area contributed by atoms with E-state index in [0.717, 1.165) is 24.2 Å². The number of nitrogens with two attached hydrogens (primary N) is 1. The Bertz CT molecular complexity index is 1290. The lowest BCUT2D eigenvalue weighted by Crippen LogP contribution is -2.54. The van der Waals surface area contributed by atoms with Crippen molar-refractivity contribution in [2.75, 3.05) is 18.4 Å². The predicted molar refractivity (Wildman–Crippen MR) is 123 cm³/mol. The third-order valence-electron chi connectivity index (χ3n) is 5.54. The van der Waals surface area contributed by atoms with Crippen LogP contribution in [0.25, 0.3) is 16.8 Å². The van der Waals surface area contributed by atoms with E-state index >= 15 is 0 Å². The molecule has 9 nitrogen and oxygen atoms in total. The van der Waals surface area contributed by atoms with Crippen LogP contribution in [0, 0.1) is 5.82 Å². The molecule has 1 aromatic carbocycles. The highest BCUT2D eigenvalue weighted by Crippen LogP contribution is 2.27. The number of aliphatic hydroxyl groups is 1. The first-order valence-corrected chi connectivity index (χ1v) is 10.9. The molecule has 1 saturated heterocycles. The van der Waals surface area contributed by atoms with E-state index in [9.17, 15) is 9.50 Å². The second-order valence-electron chi connectivity index (χ2n) is 9.25. The van der Waals surface area contributed by atoms with E-state index in [4.69, 9.17) is 5.73 Å². The summed E-state index contributed by atoms with van der Waals surface area (Å²) in [7, 11) is 0. The van der Waals surface area contributed by atoms with E-state index in [2.05, 4.69) is 25.4 Å². The fraction of sp³-hybridized carbons (Fsp3) is 0.348. The fourth-order valence-electron chi connectivity index (χ4n) is 4.05. The molecule has 4 N–H and O–H groups in total. The lowest BCUT2D eigenvalue weighted by molar-refractivity contribution is 0.0578. The van der Waals surface area contributed by atoms with Crippen LogP contribution in [0.3, 0.4) is 0 Å². The summed E-state index contributed by atoms with van der Waals surface area (Å²) in [5, 5.41) is 21.8. The number of aromatic nitrogens is 5. The zero-order valence-corrected chi connectivity index (χ0v) is 18.6. The second kappa shape index (κ2) is 8.22. The molecule has 3 aromatic heterocycles. The molecule has 0 saturated carbocycles. The van der Waals surface area contributed by atoms with Crippen molar-refractivity contribution >= 4 is 17.3 Å². The summed E-state index contributed by atoms with van der Waals surface area (Å²) in [5.41, 5.74) is 8.45. The molecular formula is C23H27FN8O. The van der Waals surface area contributed by atoms with Crippen LogP contribution in [0.4, 0.5) is 16.0 Å². The highest BCUT2D eigenvalue weighted by Gasteiger charge is 2.24.